The smallest absolute Gasteiger partial charge is 0.137 e. The normalized spacial score (nSPS) is 14.0. The van der Waals surface area contributed by atoms with E-state index >= 15 is 0 Å². The van der Waals surface area contributed by atoms with Crippen molar-refractivity contribution in [3.05, 3.63) is 41.5 Å². The Bertz CT molecular complexity index is 747. The molecule has 0 spiro atoms. The van der Waals surface area contributed by atoms with E-state index in [0.717, 1.165) is 35.8 Å². The Morgan fingerprint density at radius 2 is 1.88 bits per heavy atom. The first-order chi connectivity index (χ1) is 12.6. The summed E-state index contributed by atoms with van der Waals surface area (Å²) in [5, 5.41) is 8.82. The minimum Gasteiger partial charge on any atom is -0.496 e. The van der Waals surface area contributed by atoms with Crippen molar-refractivity contribution in [2.24, 2.45) is 5.92 Å². The highest BCUT2D eigenvalue weighted by atomic mass is 16.5. The number of benzene rings is 1. The molecule has 0 radical (unpaired) electrons. The quantitative estimate of drug-likeness (QED) is 0.647. The van der Waals surface area contributed by atoms with Crippen molar-refractivity contribution in [2.45, 2.75) is 64.8 Å². The van der Waals surface area contributed by atoms with Gasteiger partial charge in [0.1, 0.15) is 23.2 Å². The molecule has 1 fully saturated rings. The van der Waals surface area contributed by atoms with Gasteiger partial charge in [0.05, 0.1) is 7.11 Å². The molecular weight excluding hydrogens is 326 g/mol. The van der Waals surface area contributed by atoms with Crippen molar-refractivity contribution in [1.82, 2.24) is 14.8 Å². The summed E-state index contributed by atoms with van der Waals surface area (Å²) >= 11 is 0. The molecule has 0 atom stereocenters. The van der Waals surface area contributed by atoms with E-state index in [2.05, 4.69) is 28.6 Å². The zero-order valence-electron chi connectivity index (χ0n) is 16.1. The molecule has 0 amide bonds. The zero-order chi connectivity index (χ0) is 18.5. The second-order valence-electron chi connectivity index (χ2n) is 7.59. The fraction of sp³-hybridized carbons (Fsp3) is 0.571. The van der Waals surface area contributed by atoms with Gasteiger partial charge in [0.2, 0.25) is 0 Å². The summed E-state index contributed by atoms with van der Waals surface area (Å²) in [4.78, 5) is 12.5. The Labute approximate surface area is 155 Å². The summed E-state index contributed by atoms with van der Waals surface area (Å²) < 4.78 is 7.64. The highest BCUT2D eigenvalue weighted by Gasteiger charge is 2.29. The number of hydrogen-bond acceptors (Lipinski definition) is 4. The van der Waals surface area contributed by atoms with Gasteiger partial charge in [-0.25, -0.2) is 0 Å². The molecule has 1 heterocycles. The third-order valence-corrected chi connectivity index (χ3v) is 4.90. The first kappa shape index (κ1) is 18.6. The van der Waals surface area contributed by atoms with Crippen LogP contribution in [-0.2, 0) is 24.1 Å². The SMILES string of the molecule is COc1ccccc1CC(=O)CCc1nnc(CCC(C)C)n1C1CC1. The second-order valence-corrected chi connectivity index (χ2v) is 7.59. The molecule has 1 saturated carbocycles. The van der Waals surface area contributed by atoms with Crippen molar-refractivity contribution in [3.63, 3.8) is 0 Å². The van der Waals surface area contributed by atoms with Crippen LogP contribution in [0.3, 0.4) is 0 Å². The van der Waals surface area contributed by atoms with Gasteiger partial charge >= 0.3 is 0 Å². The summed E-state index contributed by atoms with van der Waals surface area (Å²) in [5.74, 6) is 3.71. The maximum Gasteiger partial charge on any atom is 0.137 e. The molecule has 2 aromatic rings. The van der Waals surface area contributed by atoms with Gasteiger partial charge in [-0.3, -0.25) is 4.79 Å². The van der Waals surface area contributed by atoms with Crippen LogP contribution in [0.25, 0.3) is 0 Å². The van der Waals surface area contributed by atoms with Crippen molar-refractivity contribution in [2.75, 3.05) is 7.11 Å². The van der Waals surface area contributed by atoms with Crippen LogP contribution in [0.2, 0.25) is 0 Å². The van der Waals surface area contributed by atoms with Gasteiger partial charge in [0, 0.05) is 37.3 Å². The molecule has 0 bridgehead atoms. The molecule has 26 heavy (non-hydrogen) atoms. The number of ketones is 1. The topological polar surface area (TPSA) is 57.0 Å². The van der Waals surface area contributed by atoms with Gasteiger partial charge in [-0.1, -0.05) is 32.0 Å². The number of methoxy groups -OCH3 is 1. The van der Waals surface area contributed by atoms with E-state index in [9.17, 15) is 4.79 Å². The molecule has 0 N–H and O–H groups in total. The third-order valence-electron chi connectivity index (χ3n) is 4.90. The molecule has 5 heteroatoms. The minimum absolute atomic E-state index is 0.212. The molecule has 1 aromatic carbocycles. The van der Waals surface area contributed by atoms with Crippen molar-refractivity contribution in [1.29, 1.82) is 0 Å². The van der Waals surface area contributed by atoms with Crippen LogP contribution in [0, 0.1) is 5.92 Å². The van der Waals surface area contributed by atoms with E-state index in [1.54, 1.807) is 7.11 Å². The Morgan fingerprint density at radius 3 is 2.54 bits per heavy atom. The van der Waals surface area contributed by atoms with Crippen molar-refractivity contribution in [3.8, 4) is 5.75 Å². The van der Waals surface area contributed by atoms with Crippen molar-refractivity contribution < 1.29 is 9.53 Å². The molecule has 140 valence electrons. The van der Waals surface area contributed by atoms with Crippen LogP contribution in [0.1, 0.15) is 62.8 Å². The molecule has 1 aliphatic carbocycles. The van der Waals surface area contributed by atoms with E-state index in [-0.39, 0.29) is 5.78 Å². The molecule has 0 aliphatic heterocycles. The largest absolute Gasteiger partial charge is 0.496 e. The highest BCUT2D eigenvalue weighted by molar-refractivity contribution is 5.81. The molecule has 0 unspecified atom stereocenters. The van der Waals surface area contributed by atoms with Gasteiger partial charge in [0.15, 0.2) is 0 Å². The third kappa shape index (κ3) is 4.71. The molecule has 1 aliphatic rings. The van der Waals surface area contributed by atoms with Crippen LogP contribution in [-0.4, -0.2) is 27.7 Å². The number of ether oxygens (including phenoxy) is 1. The molecule has 1 aromatic heterocycles. The van der Waals surface area contributed by atoms with E-state index < -0.39 is 0 Å². The summed E-state index contributed by atoms with van der Waals surface area (Å²) in [7, 11) is 1.64. The van der Waals surface area contributed by atoms with Gasteiger partial charge in [-0.05, 0) is 31.2 Å². The first-order valence-electron chi connectivity index (χ1n) is 9.64. The van der Waals surface area contributed by atoms with Gasteiger partial charge in [0.25, 0.3) is 0 Å². The lowest BCUT2D eigenvalue weighted by molar-refractivity contribution is -0.118. The van der Waals surface area contributed by atoms with E-state index in [4.69, 9.17) is 4.74 Å². The monoisotopic (exact) mass is 355 g/mol. The van der Waals surface area contributed by atoms with E-state index in [0.29, 0.717) is 31.2 Å². The number of carbonyl (C=O) groups is 1. The first-order valence-corrected chi connectivity index (χ1v) is 9.64. The lowest BCUT2D eigenvalue weighted by Gasteiger charge is -2.10. The summed E-state index contributed by atoms with van der Waals surface area (Å²) in [6.07, 6.45) is 6.06. The molecule has 3 rings (SSSR count). The summed E-state index contributed by atoms with van der Waals surface area (Å²) in [5.41, 5.74) is 0.946. The van der Waals surface area contributed by atoms with Crippen molar-refractivity contribution >= 4 is 5.78 Å². The standard InChI is InChI=1S/C21H29N3O2/c1-15(2)8-12-20-22-23-21(24(20)17-9-10-17)13-11-18(25)14-16-6-4-5-7-19(16)26-3/h4-7,15,17H,8-14H2,1-3H3. The number of carbonyl (C=O) groups excluding carboxylic acids is 1. The van der Waals surface area contributed by atoms with Crippen LogP contribution < -0.4 is 4.74 Å². The second kappa shape index (κ2) is 8.47. The highest BCUT2D eigenvalue weighted by Crippen LogP contribution is 2.37. The average molecular weight is 355 g/mol. The predicted molar refractivity (Wildman–Crippen MR) is 101 cm³/mol. The number of Topliss-reactive ketones (excluding diaryl/α,β-unsaturated/α-hetero) is 1. The lowest BCUT2D eigenvalue weighted by Crippen LogP contribution is -2.10. The summed E-state index contributed by atoms with van der Waals surface area (Å²) in [6.45, 7) is 4.46. The molecule has 5 nitrogen and oxygen atoms in total. The zero-order valence-corrected chi connectivity index (χ0v) is 16.1. The number of rotatable bonds is 10. The predicted octanol–water partition coefficient (Wildman–Crippen LogP) is 3.95. The van der Waals surface area contributed by atoms with Crippen LogP contribution >= 0.6 is 0 Å². The number of para-hydroxylation sites is 1. The molecule has 0 saturated heterocycles. The van der Waals surface area contributed by atoms with E-state index in [1.807, 2.05) is 24.3 Å². The number of hydrogen-bond donors (Lipinski definition) is 0. The van der Waals surface area contributed by atoms with E-state index in [1.165, 1.54) is 12.8 Å². The number of nitrogens with zero attached hydrogens (tertiary/aromatic N) is 3. The van der Waals surface area contributed by atoms with Gasteiger partial charge < -0.3 is 9.30 Å². The Hall–Kier alpha value is -2.17. The van der Waals surface area contributed by atoms with Crippen LogP contribution in [0.4, 0.5) is 0 Å². The average Bonchev–Trinajstić information content (AvgIpc) is 3.38. The summed E-state index contributed by atoms with van der Waals surface area (Å²) in [6, 6.07) is 8.26. The Balaban J connectivity index is 1.61. The number of aryl methyl sites for hydroxylation is 2. The molecular formula is C21H29N3O2. The maximum atomic E-state index is 12.5. The maximum absolute atomic E-state index is 12.5. The Morgan fingerprint density at radius 1 is 1.19 bits per heavy atom. The lowest BCUT2D eigenvalue weighted by atomic mass is 10.0. The van der Waals surface area contributed by atoms with Crippen LogP contribution in [0.15, 0.2) is 24.3 Å². The van der Waals surface area contributed by atoms with Gasteiger partial charge in [-0.15, -0.1) is 10.2 Å². The minimum atomic E-state index is 0.212. The fourth-order valence-electron chi connectivity index (χ4n) is 3.27. The Kier molecular flexibility index (Phi) is 6.07. The van der Waals surface area contributed by atoms with Crippen LogP contribution in [0.5, 0.6) is 5.75 Å². The number of aromatic nitrogens is 3. The fourth-order valence-corrected chi connectivity index (χ4v) is 3.27. The van der Waals surface area contributed by atoms with Gasteiger partial charge in [-0.2, -0.15) is 0 Å².